The fourth-order valence-corrected chi connectivity index (χ4v) is 3.44. The first-order valence-corrected chi connectivity index (χ1v) is 8.92. The summed E-state index contributed by atoms with van der Waals surface area (Å²) in [5, 5.41) is 19.3. The van der Waals surface area contributed by atoms with Crippen molar-refractivity contribution >= 4 is 17.0 Å². The molecule has 0 fully saturated rings. The number of rotatable bonds is 4. The first-order chi connectivity index (χ1) is 12.8. The number of benzene rings is 1. The van der Waals surface area contributed by atoms with Crippen molar-refractivity contribution in [2.45, 2.75) is 24.9 Å². The molecule has 1 unspecified atom stereocenters. The third-order valence-electron chi connectivity index (χ3n) is 4.24. The van der Waals surface area contributed by atoms with E-state index in [1.165, 1.54) is 4.88 Å². The highest BCUT2D eigenvalue weighted by molar-refractivity contribution is 7.09. The SMILES string of the molecule is OC1(C(F)(F)F)CC(c2ccc(-c3cnn(Cc4cccs4)c3)cc2)=NO1. The molecular formula is C18H14F3N3O2S. The van der Waals surface area contributed by atoms with Crippen LogP contribution in [0.3, 0.4) is 0 Å². The second kappa shape index (κ2) is 6.50. The summed E-state index contributed by atoms with van der Waals surface area (Å²) in [4.78, 5) is 5.44. The summed E-state index contributed by atoms with van der Waals surface area (Å²) >= 11 is 1.65. The van der Waals surface area contributed by atoms with Crippen molar-refractivity contribution in [1.29, 1.82) is 0 Å². The Bertz CT molecular complexity index is 965. The van der Waals surface area contributed by atoms with Gasteiger partial charge in [0.15, 0.2) is 0 Å². The molecule has 1 aliphatic rings. The molecule has 0 radical (unpaired) electrons. The Morgan fingerprint density at radius 3 is 2.52 bits per heavy atom. The van der Waals surface area contributed by atoms with Crippen LogP contribution in [-0.4, -0.2) is 32.6 Å². The summed E-state index contributed by atoms with van der Waals surface area (Å²) in [6, 6.07) is 10.9. The molecule has 2 aromatic heterocycles. The molecule has 0 spiro atoms. The van der Waals surface area contributed by atoms with Gasteiger partial charge in [0.1, 0.15) is 0 Å². The van der Waals surface area contributed by atoms with Gasteiger partial charge in [-0.25, -0.2) is 0 Å². The molecule has 1 aliphatic heterocycles. The van der Waals surface area contributed by atoms with Crippen LogP contribution in [0.4, 0.5) is 13.2 Å². The van der Waals surface area contributed by atoms with Gasteiger partial charge in [0.2, 0.25) is 0 Å². The Morgan fingerprint density at radius 2 is 1.89 bits per heavy atom. The third-order valence-corrected chi connectivity index (χ3v) is 5.10. The van der Waals surface area contributed by atoms with Crippen molar-refractivity contribution in [3.8, 4) is 11.1 Å². The quantitative estimate of drug-likeness (QED) is 0.728. The van der Waals surface area contributed by atoms with Gasteiger partial charge in [-0.05, 0) is 22.6 Å². The van der Waals surface area contributed by atoms with E-state index in [0.717, 1.165) is 11.1 Å². The minimum Gasteiger partial charge on any atom is -0.350 e. The summed E-state index contributed by atoms with van der Waals surface area (Å²) in [7, 11) is 0. The van der Waals surface area contributed by atoms with E-state index in [9.17, 15) is 18.3 Å². The van der Waals surface area contributed by atoms with Crippen LogP contribution in [0.5, 0.6) is 0 Å². The topological polar surface area (TPSA) is 59.6 Å². The van der Waals surface area contributed by atoms with E-state index >= 15 is 0 Å². The molecule has 9 heteroatoms. The highest BCUT2D eigenvalue weighted by Crippen LogP contribution is 2.39. The minimum absolute atomic E-state index is 0.0507. The third kappa shape index (κ3) is 3.47. The first-order valence-electron chi connectivity index (χ1n) is 8.04. The number of nitrogens with zero attached hydrogens (tertiary/aromatic N) is 3. The van der Waals surface area contributed by atoms with Crippen LogP contribution in [0, 0.1) is 0 Å². The lowest BCUT2D eigenvalue weighted by Crippen LogP contribution is -2.45. The van der Waals surface area contributed by atoms with Gasteiger partial charge in [0.25, 0.3) is 0 Å². The maximum atomic E-state index is 12.8. The largest absolute Gasteiger partial charge is 0.458 e. The zero-order valence-corrected chi connectivity index (χ0v) is 14.7. The predicted molar refractivity (Wildman–Crippen MR) is 94.3 cm³/mol. The lowest BCUT2D eigenvalue weighted by Gasteiger charge is -2.22. The van der Waals surface area contributed by atoms with Crippen molar-refractivity contribution in [2.75, 3.05) is 0 Å². The summed E-state index contributed by atoms with van der Waals surface area (Å²) in [5.41, 5.74) is 2.29. The zero-order chi connectivity index (χ0) is 19.1. The molecule has 3 heterocycles. The van der Waals surface area contributed by atoms with Crippen LogP contribution in [0.1, 0.15) is 16.9 Å². The van der Waals surface area contributed by atoms with Gasteiger partial charge in [-0.2, -0.15) is 18.3 Å². The Labute approximate surface area is 156 Å². The van der Waals surface area contributed by atoms with Crippen LogP contribution in [0.2, 0.25) is 0 Å². The molecule has 0 saturated carbocycles. The Kier molecular flexibility index (Phi) is 4.27. The fourth-order valence-electron chi connectivity index (χ4n) is 2.75. The first kappa shape index (κ1) is 17.7. The molecule has 0 aliphatic carbocycles. The molecule has 140 valence electrons. The molecule has 4 rings (SSSR count). The van der Waals surface area contributed by atoms with E-state index < -0.39 is 18.4 Å². The van der Waals surface area contributed by atoms with Gasteiger partial charge >= 0.3 is 12.0 Å². The van der Waals surface area contributed by atoms with Crippen LogP contribution in [0.15, 0.2) is 59.3 Å². The second-order valence-corrected chi connectivity index (χ2v) is 7.20. The molecule has 0 saturated heterocycles. The van der Waals surface area contributed by atoms with Gasteiger partial charge in [-0.15, -0.1) is 11.3 Å². The van der Waals surface area contributed by atoms with Crippen molar-refractivity contribution in [1.82, 2.24) is 9.78 Å². The standard InChI is InChI=1S/C18H14F3N3O2S/c19-18(20,21)17(25)8-16(23-26-17)13-5-3-12(4-6-13)14-9-22-24(10-14)11-15-2-1-7-27-15/h1-7,9-10,25H,8,11H2. The zero-order valence-electron chi connectivity index (χ0n) is 13.8. The number of oxime groups is 1. The molecule has 1 aromatic carbocycles. The van der Waals surface area contributed by atoms with Gasteiger partial charge in [0, 0.05) is 16.6 Å². The van der Waals surface area contributed by atoms with E-state index in [2.05, 4.69) is 15.1 Å². The molecule has 3 aromatic rings. The summed E-state index contributed by atoms with van der Waals surface area (Å²) < 4.78 is 40.2. The van der Waals surface area contributed by atoms with E-state index in [4.69, 9.17) is 0 Å². The van der Waals surface area contributed by atoms with Gasteiger partial charge in [-0.1, -0.05) is 35.5 Å². The Balaban J connectivity index is 1.48. The average Bonchev–Trinajstić information content (AvgIpc) is 3.36. The number of aromatic nitrogens is 2. The maximum Gasteiger partial charge on any atom is 0.458 e. The van der Waals surface area contributed by atoms with Gasteiger partial charge < -0.3 is 9.94 Å². The summed E-state index contributed by atoms with van der Waals surface area (Å²) in [6.45, 7) is 0.680. The monoisotopic (exact) mass is 393 g/mol. The van der Waals surface area contributed by atoms with Crippen LogP contribution in [-0.2, 0) is 11.4 Å². The molecule has 27 heavy (non-hydrogen) atoms. The second-order valence-electron chi connectivity index (χ2n) is 6.17. The molecule has 1 N–H and O–H groups in total. The lowest BCUT2D eigenvalue weighted by molar-refractivity contribution is -0.355. The maximum absolute atomic E-state index is 12.8. The van der Waals surface area contributed by atoms with Crippen molar-refractivity contribution in [2.24, 2.45) is 5.16 Å². The van der Waals surface area contributed by atoms with Crippen molar-refractivity contribution in [3.05, 3.63) is 64.6 Å². The number of hydrogen-bond acceptors (Lipinski definition) is 5. The van der Waals surface area contributed by atoms with E-state index in [0.29, 0.717) is 12.1 Å². The van der Waals surface area contributed by atoms with E-state index in [1.54, 1.807) is 41.8 Å². The lowest BCUT2D eigenvalue weighted by atomic mass is 10.00. The summed E-state index contributed by atoms with van der Waals surface area (Å²) in [5.74, 6) is -3.26. The number of aliphatic hydroxyl groups is 1. The fraction of sp³-hybridized carbons (Fsp3) is 0.222. The van der Waals surface area contributed by atoms with E-state index in [1.807, 2.05) is 28.4 Å². The Hall–Kier alpha value is -2.65. The van der Waals surface area contributed by atoms with Crippen molar-refractivity contribution in [3.63, 3.8) is 0 Å². The average molecular weight is 393 g/mol. The summed E-state index contributed by atoms with van der Waals surface area (Å²) in [6.07, 6.45) is -2.00. The van der Waals surface area contributed by atoms with Crippen molar-refractivity contribution < 1.29 is 23.1 Å². The van der Waals surface area contributed by atoms with E-state index in [-0.39, 0.29) is 5.71 Å². The molecule has 0 amide bonds. The molecule has 0 bridgehead atoms. The highest BCUT2D eigenvalue weighted by atomic mass is 32.1. The normalized spacial score (nSPS) is 19.8. The number of thiophene rings is 1. The predicted octanol–water partition coefficient (Wildman–Crippen LogP) is 4.04. The van der Waals surface area contributed by atoms with Crippen LogP contribution in [0.25, 0.3) is 11.1 Å². The highest BCUT2D eigenvalue weighted by Gasteiger charge is 2.60. The number of halogens is 3. The molecular weight excluding hydrogens is 379 g/mol. The Morgan fingerprint density at radius 1 is 1.15 bits per heavy atom. The molecule has 5 nitrogen and oxygen atoms in total. The van der Waals surface area contributed by atoms with Crippen LogP contribution < -0.4 is 0 Å². The molecule has 1 atom stereocenters. The number of hydrogen-bond donors (Lipinski definition) is 1. The van der Waals surface area contributed by atoms with Gasteiger partial charge in [0.05, 0.1) is 24.9 Å². The van der Waals surface area contributed by atoms with Crippen LogP contribution >= 0.6 is 11.3 Å². The smallest absolute Gasteiger partial charge is 0.350 e. The van der Waals surface area contributed by atoms with Gasteiger partial charge in [-0.3, -0.25) is 4.68 Å². The minimum atomic E-state index is -4.91. The number of alkyl halides is 3.